The summed E-state index contributed by atoms with van der Waals surface area (Å²) in [4.78, 5) is 9.26. The third kappa shape index (κ3) is 2.32. The van der Waals surface area contributed by atoms with Gasteiger partial charge in [-0.05, 0) is 45.7 Å². The van der Waals surface area contributed by atoms with E-state index in [0.29, 0.717) is 0 Å². The van der Waals surface area contributed by atoms with Crippen molar-refractivity contribution in [2.45, 2.75) is 44.9 Å². The van der Waals surface area contributed by atoms with Crippen LogP contribution in [0.1, 0.15) is 45.2 Å². The summed E-state index contributed by atoms with van der Waals surface area (Å²) in [6.07, 6.45) is 2.76. The first-order valence-corrected chi connectivity index (χ1v) is 10.6. The molecule has 3 nitrogen and oxygen atoms in total. The molecule has 0 amide bonds. The van der Waals surface area contributed by atoms with Crippen LogP contribution >= 0.6 is 0 Å². The maximum atomic E-state index is 6.60. The number of nitrogens with zero attached hydrogens (tertiary/aromatic N) is 2. The lowest BCUT2D eigenvalue weighted by molar-refractivity contribution is 0.402. The van der Waals surface area contributed by atoms with E-state index in [1.807, 2.05) is 0 Å². The number of hydrogen-bond acceptors (Lipinski definition) is 3. The first kappa shape index (κ1) is 17.6. The molecule has 3 aromatic carbocycles. The lowest BCUT2D eigenvalue weighted by Crippen LogP contribution is -2.18. The highest BCUT2D eigenvalue weighted by molar-refractivity contribution is 6.08. The molecular formula is C27H24N2O. The summed E-state index contributed by atoms with van der Waals surface area (Å²) in [6.45, 7) is 9.30. The first-order chi connectivity index (χ1) is 14.4. The zero-order valence-electron chi connectivity index (χ0n) is 17.8. The van der Waals surface area contributed by atoms with Gasteiger partial charge < -0.3 is 4.42 Å². The number of furan rings is 1. The molecule has 0 atom stereocenters. The molecule has 5 aromatic rings. The van der Waals surface area contributed by atoms with Crippen molar-refractivity contribution in [1.82, 2.24) is 9.97 Å². The van der Waals surface area contributed by atoms with Crippen LogP contribution in [0.15, 0.2) is 65.3 Å². The molecule has 0 N–H and O–H groups in total. The number of rotatable bonds is 1. The Morgan fingerprint density at radius 3 is 2.43 bits per heavy atom. The van der Waals surface area contributed by atoms with E-state index in [0.717, 1.165) is 39.7 Å². The molecule has 3 heteroatoms. The van der Waals surface area contributed by atoms with Crippen LogP contribution in [0, 0.1) is 0 Å². The minimum Gasteiger partial charge on any atom is -0.452 e. The zero-order chi connectivity index (χ0) is 20.7. The first-order valence-electron chi connectivity index (χ1n) is 10.6. The van der Waals surface area contributed by atoms with Gasteiger partial charge in [-0.25, -0.2) is 9.97 Å². The molecule has 0 unspecified atom stereocenters. The van der Waals surface area contributed by atoms with Gasteiger partial charge in [-0.2, -0.15) is 0 Å². The van der Waals surface area contributed by atoms with Crippen LogP contribution in [0.3, 0.4) is 0 Å². The van der Waals surface area contributed by atoms with Gasteiger partial charge in [0.05, 0.1) is 0 Å². The summed E-state index contributed by atoms with van der Waals surface area (Å²) in [7, 11) is 0. The van der Waals surface area contributed by atoms with Gasteiger partial charge in [-0.15, -0.1) is 0 Å². The van der Waals surface area contributed by atoms with Gasteiger partial charge in [0.1, 0.15) is 23.1 Å². The van der Waals surface area contributed by atoms with Crippen molar-refractivity contribution in [2.24, 2.45) is 0 Å². The number of benzene rings is 3. The summed E-state index contributed by atoms with van der Waals surface area (Å²) in [5.41, 5.74) is 7.46. The van der Waals surface area contributed by atoms with E-state index >= 15 is 0 Å². The van der Waals surface area contributed by atoms with Gasteiger partial charge >= 0.3 is 0 Å². The third-order valence-corrected chi connectivity index (χ3v) is 6.73. The Kier molecular flexibility index (Phi) is 3.35. The second-order valence-corrected chi connectivity index (χ2v) is 9.87. The quantitative estimate of drug-likeness (QED) is 0.304. The summed E-state index contributed by atoms with van der Waals surface area (Å²) < 4.78 is 6.60. The molecule has 0 saturated heterocycles. The van der Waals surface area contributed by atoms with Crippen molar-refractivity contribution in [1.29, 1.82) is 0 Å². The lowest BCUT2D eigenvalue weighted by Gasteiger charge is -2.22. The Bertz CT molecular complexity index is 1470. The Morgan fingerprint density at radius 1 is 0.800 bits per heavy atom. The van der Waals surface area contributed by atoms with Crippen molar-refractivity contribution in [2.75, 3.05) is 0 Å². The highest BCUT2D eigenvalue weighted by Gasteiger charge is 2.44. The summed E-state index contributed by atoms with van der Waals surface area (Å²) in [5, 5.41) is 3.50. The van der Waals surface area contributed by atoms with Gasteiger partial charge in [0.15, 0.2) is 5.58 Å². The maximum Gasteiger partial charge on any atom is 0.180 e. The largest absolute Gasteiger partial charge is 0.452 e. The average Bonchev–Trinajstić information content (AvgIpc) is 3.19. The van der Waals surface area contributed by atoms with Gasteiger partial charge in [-0.1, -0.05) is 70.2 Å². The van der Waals surface area contributed by atoms with Gasteiger partial charge in [0, 0.05) is 16.5 Å². The van der Waals surface area contributed by atoms with E-state index in [-0.39, 0.29) is 10.8 Å². The molecule has 1 aliphatic rings. The van der Waals surface area contributed by atoms with E-state index in [1.165, 1.54) is 21.9 Å². The molecule has 30 heavy (non-hydrogen) atoms. The van der Waals surface area contributed by atoms with Gasteiger partial charge in [-0.3, -0.25) is 0 Å². The molecule has 0 aliphatic heterocycles. The average molecular weight is 393 g/mol. The third-order valence-electron chi connectivity index (χ3n) is 6.73. The van der Waals surface area contributed by atoms with Crippen molar-refractivity contribution in [3.8, 4) is 11.3 Å². The predicted octanol–water partition coefficient (Wildman–Crippen LogP) is 7.16. The SMILES string of the molecule is CC1(C)CC(C)(C)c2c1ccc1c2oc2c(-c3ccc4ccccc4c3)ncnc21. The van der Waals surface area contributed by atoms with E-state index in [4.69, 9.17) is 4.42 Å². The fourth-order valence-corrected chi connectivity index (χ4v) is 5.71. The van der Waals surface area contributed by atoms with Crippen LogP contribution in [-0.2, 0) is 10.8 Å². The molecule has 0 spiro atoms. The van der Waals surface area contributed by atoms with E-state index in [9.17, 15) is 0 Å². The van der Waals surface area contributed by atoms with Crippen LogP contribution in [0.2, 0.25) is 0 Å². The molecule has 0 fully saturated rings. The summed E-state index contributed by atoms with van der Waals surface area (Å²) in [5.74, 6) is 0. The molecule has 0 bridgehead atoms. The number of aromatic nitrogens is 2. The molecule has 2 heterocycles. The molecule has 0 saturated carbocycles. The number of fused-ring (bicyclic) bond motifs is 6. The Labute approximate surface area is 175 Å². The molecule has 1 aliphatic carbocycles. The van der Waals surface area contributed by atoms with Crippen molar-refractivity contribution >= 4 is 32.8 Å². The summed E-state index contributed by atoms with van der Waals surface area (Å²) >= 11 is 0. The van der Waals surface area contributed by atoms with Crippen molar-refractivity contribution in [3.05, 3.63) is 72.1 Å². The lowest BCUT2D eigenvalue weighted by atomic mass is 9.82. The van der Waals surface area contributed by atoms with E-state index in [2.05, 4.69) is 92.3 Å². The Hall–Kier alpha value is -3.20. The highest BCUT2D eigenvalue weighted by atomic mass is 16.3. The van der Waals surface area contributed by atoms with Crippen LogP contribution in [-0.4, -0.2) is 9.97 Å². The fraction of sp³-hybridized carbons (Fsp3) is 0.259. The second-order valence-electron chi connectivity index (χ2n) is 9.87. The normalized spacial score (nSPS) is 17.1. The molecule has 0 radical (unpaired) electrons. The van der Waals surface area contributed by atoms with E-state index in [1.54, 1.807) is 6.33 Å². The molecule has 6 rings (SSSR count). The van der Waals surface area contributed by atoms with E-state index < -0.39 is 0 Å². The maximum absolute atomic E-state index is 6.60. The minimum atomic E-state index is 0.0583. The topological polar surface area (TPSA) is 38.9 Å². The van der Waals surface area contributed by atoms with Crippen molar-refractivity contribution in [3.63, 3.8) is 0 Å². The Morgan fingerprint density at radius 2 is 1.60 bits per heavy atom. The second kappa shape index (κ2) is 5.69. The van der Waals surface area contributed by atoms with Gasteiger partial charge in [0.2, 0.25) is 0 Å². The van der Waals surface area contributed by atoms with Gasteiger partial charge in [0.25, 0.3) is 0 Å². The molecule has 148 valence electrons. The number of hydrogen-bond donors (Lipinski definition) is 0. The van der Waals surface area contributed by atoms with Crippen molar-refractivity contribution < 1.29 is 4.42 Å². The zero-order valence-corrected chi connectivity index (χ0v) is 17.8. The Balaban J connectivity index is 1.67. The molecule has 2 aromatic heterocycles. The van der Waals surface area contributed by atoms with Crippen LogP contribution < -0.4 is 0 Å². The van der Waals surface area contributed by atoms with Crippen LogP contribution in [0.25, 0.3) is 44.1 Å². The van der Waals surface area contributed by atoms with Crippen LogP contribution in [0.4, 0.5) is 0 Å². The predicted molar refractivity (Wildman–Crippen MR) is 123 cm³/mol. The fourth-order valence-electron chi connectivity index (χ4n) is 5.71. The smallest absolute Gasteiger partial charge is 0.180 e. The summed E-state index contributed by atoms with van der Waals surface area (Å²) in [6, 6.07) is 19.3. The molecular weight excluding hydrogens is 368 g/mol. The monoisotopic (exact) mass is 392 g/mol. The highest BCUT2D eigenvalue weighted by Crippen LogP contribution is 2.53. The minimum absolute atomic E-state index is 0.0583. The standard InChI is InChI=1S/C27H24N2O/c1-26(2)14-27(3,4)21-20(26)12-11-19-23-25(30-24(19)21)22(28-15-29-23)18-10-9-16-7-5-6-8-17(16)13-18/h5-13,15H,14H2,1-4H3. The van der Waals surface area contributed by atoms with Crippen LogP contribution in [0.5, 0.6) is 0 Å².